The molecule has 20 heavy (non-hydrogen) atoms. The van der Waals surface area contributed by atoms with Crippen molar-refractivity contribution in [2.75, 3.05) is 19.5 Å². The monoisotopic (exact) mass is 275 g/mol. The van der Waals surface area contributed by atoms with Gasteiger partial charge in [0, 0.05) is 12.1 Å². The van der Waals surface area contributed by atoms with Crippen LogP contribution in [0.2, 0.25) is 0 Å². The lowest BCUT2D eigenvalue weighted by Gasteiger charge is -2.17. The zero-order valence-corrected chi connectivity index (χ0v) is 11.8. The largest absolute Gasteiger partial charge is 0.497 e. The highest BCUT2D eigenvalue weighted by atomic mass is 19.1. The van der Waals surface area contributed by atoms with E-state index in [1.165, 1.54) is 6.07 Å². The summed E-state index contributed by atoms with van der Waals surface area (Å²) in [4.78, 5) is 0. The van der Waals surface area contributed by atoms with Crippen LogP contribution in [0.15, 0.2) is 42.5 Å². The molecule has 0 saturated carbocycles. The van der Waals surface area contributed by atoms with Gasteiger partial charge in [-0.2, -0.15) is 0 Å². The first kappa shape index (κ1) is 14.2. The van der Waals surface area contributed by atoms with Gasteiger partial charge in [-0.3, -0.25) is 0 Å². The first-order valence-electron chi connectivity index (χ1n) is 6.38. The molecule has 0 aliphatic rings. The van der Waals surface area contributed by atoms with Crippen LogP contribution in [0.3, 0.4) is 0 Å². The van der Waals surface area contributed by atoms with E-state index in [4.69, 9.17) is 9.47 Å². The number of anilines is 1. The Morgan fingerprint density at radius 2 is 1.70 bits per heavy atom. The van der Waals surface area contributed by atoms with E-state index in [0.717, 1.165) is 11.3 Å². The van der Waals surface area contributed by atoms with Crippen molar-refractivity contribution in [3.05, 3.63) is 53.8 Å². The Balaban J connectivity index is 2.20. The third-order valence-corrected chi connectivity index (χ3v) is 3.14. The molecule has 0 aliphatic carbocycles. The van der Waals surface area contributed by atoms with Crippen LogP contribution in [0.25, 0.3) is 0 Å². The highest BCUT2D eigenvalue weighted by Gasteiger charge is 2.10. The van der Waals surface area contributed by atoms with Gasteiger partial charge in [-0.25, -0.2) is 4.39 Å². The van der Waals surface area contributed by atoms with E-state index < -0.39 is 0 Å². The average Bonchev–Trinajstić information content (AvgIpc) is 2.49. The van der Waals surface area contributed by atoms with Crippen molar-refractivity contribution in [1.29, 1.82) is 0 Å². The second kappa shape index (κ2) is 6.28. The quantitative estimate of drug-likeness (QED) is 0.894. The minimum absolute atomic E-state index is 0.0493. The maximum Gasteiger partial charge on any atom is 0.146 e. The summed E-state index contributed by atoms with van der Waals surface area (Å²) >= 11 is 0. The third-order valence-electron chi connectivity index (χ3n) is 3.14. The van der Waals surface area contributed by atoms with Crippen LogP contribution in [0.4, 0.5) is 10.1 Å². The Bertz CT molecular complexity index is 586. The lowest BCUT2D eigenvalue weighted by molar-refractivity contribution is 0.413. The second-order valence-corrected chi connectivity index (χ2v) is 4.49. The summed E-state index contributed by atoms with van der Waals surface area (Å²) in [5.41, 5.74) is 1.44. The summed E-state index contributed by atoms with van der Waals surface area (Å²) in [6, 6.07) is 12.3. The summed E-state index contributed by atoms with van der Waals surface area (Å²) in [6.45, 7) is 1.97. The van der Waals surface area contributed by atoms with Gasteiger partial charge in [-0.1, -0.05) is 12.1 Å². The van der Waals surface area contributed by atoms with Gasteiger partial charge in [0.2, 0.25) is 0 Å². The van der Waals surface area contributed by atoms with E-state index >= 15 is 0 Å². The van der Waals surface area contributed by atoms with E-state index in [1.807, 2.05) is 31.2 Å². The molecule has 0 aliphatic heterocycles. The highest BCUT2D eigenvalue weighted by Crippen LogP contribution is 2.26. The number of methoxy groups -OCH3 is 2. The van der Waals surface area contributed by atoms with Crippen molar-refractivity contribution in [3.8, 4) is 11.5 Å². The molecule has 106 valence electrons. The Hall–Kier alpha value is -2.23. The topological polar surface area (TPSA) is 30.5 Å². The maximum absolute atomic E-state index is 13.8. The van der Waals surface area contributed by atoms with E-state index in [1.54, 1.807) is 26.4 Å². The van der Waals surface area contributed by atoms with Gasteiger partial charge in [-0.15, -0.1) is 0 Å². The Morgan fingerprint density at radius 3 is 2.40 bits per heavy atom. The zero-order valence-electron chi connectivity index (χ0n) is 11.8. The molecule has 0 heterocycles. The SMILES string of the molecule is COc1cccc(C(C)Nc2cc(OC)ccc2F)c1. The van der Waals surface area contributed by atoms with Crippen LogP contribution < -0.4 is 14.8 Å². The van der Waals surface area contributed by atoms with Gasteiger partial charge in [0.15, 0.2) is 0 Å². The number of halogens is 1. The summed E-state index contributed by atoms with van der Waals surface area (Å²) < 4.78 is 24.1. The summed E-state index contributed by atoms with van der Waals surface area (Å²) in [6.07, 6.45) is 0. The Morgan fingerprint density at radius 1 is 1.00 bits per heavy atom. The van der Waals surface area contributed by atoms with Crippen LogP contribution in [-0.4, -0.2) is 14.2 Å². The molecule has 1 unspecified atom stereocenters. The van der Waals surface area contributed by atoms with E-state index in [2.05, 4.69) is 5.32 Å². The molecule has 3 nitrogen and oxygen atoms in total. The van der Waals surface area contributed by atoms with Crippen molar-refractivity contribution in [3.63, 3.8) is 0 Å². The van der Waals surface area contributed by atoms with Crippen molar-refractivity contribution in [2.45, 2.75) is 13.0 Å². The number of nitrogens with one attached hydrogen (secondary N) is 1. The maximum atomic E-state index is 13.8. The Labute approximate surface area is 118 Å². The second-order valence-electron chi connectivity index (χ2n) is 4.49. The normalized spacial score (nSPS) is 11.8. The fraction of sp³-hybridized carbons (Fsp3) is 0.250. The standard InChI is InChI=1S/C16H18FNO2/c1-11(12-5-4-6-13(9-12)19-2)18-16-10-14(20-3)7-8-15(16)17/h4-11,18H,1-3H3. The first-order valence-corrected chi connectivity index (χ1v) is 6.38. The van der Waals surface area contributed by atoms with Crippen LogP contribution in [0, 0.1) is 5.82 Å². The lowest BCUT2D eigenvalue weighted by atomic mass is 10.1. The van der Waals surface area contributed by atoms with Crippen LogP contribution in [-0.2, 0) is 0 Å². The van der Waals surface area contributed by atoms with Gasteiger partial charge < -0.3 is 14.8 Å². The molecule has 2 aromatic carbocycles. The minimum atomic E-state index is -0.305. The smallest absolute Gasteiger partial charge is 0.146 e. The molecule has 2 aromatic rings. The third kappa shape index (κ3) is 3.20. The number of hydrogen-bond donors (Lipinski definition) is 1. The highest BCUT2D eigenvalue weighted by molar-refractivity contribution is 5.51. The molecule has 0 aromatic heterocycles. The van der Waals surface area contributed by atoms with Crippen LogP contribution in [0.1, 0.15) is 18.5 Å². The van der Waals surface area contributed by atoms with E-state index in [-0.39, 0.29) is 11.9 Å². The molecular formula is C16H18FNO2. The fourth-order valence-corrected chi connectivity index (χ4v) is 1.97. The molecule has 0 fully saturated rings. The summed E-state index contributed by atoms with van der Waals surface area (Å²) in [5, 5.41) is 3.14. The molecule has 0 saturated heterocycles. The van der Waals surface area contributed by atoms with Crippen molar-refractivity contribution in [1.82, 2.24) is 0 Å². The minimum Gasteiger partial charge on any atom is -0.497 e. The molecule has 1 N–H and O–H groups in total. The van der Waals surface area contributed by atoms with Gasteiger partial charge in [-0.05, 0) is 36.8 Å². The fourth-order valence-electron chi connectivity index (χ4n) is 1.97. The molecule has 2 rings (SSSR count). The van der Waals surface area contributed by atoms with Crippen molar-refractivity contribution >= 4 is 5.69 Å². The van der Waals surface area contributed by atoms with Crippen LogP contribution in [0.5, 0.6) is 11.5 Å². The lowest BCUT2D eigenvalue weighted by Crippen LogP contribution is -2.08. The van der Waals surface area contributed by atoms with Crippen molar-refractivity contribution < 1.29 is 13.9 Å². The number of hydrogen-bond acceptors (Lipinski definition) is 3. The molecular weight excluding hydrogens is 257 g/mol. The van der Waals surface area contributed by atoms with Gasteiger partial charge in [0.25, 0.3) is 0 Å². The molecule has 0 spiro atoms. The van der Waals surface area contributed by atoms with Gasteiger partial charge in [0.1, 0.15) is 17.3 Å². The average molecular weight is 275 g/mol. The number of ether oxygens (including phenoxy) is 2. The van der Waals surface area contributed by atoms with Crippen LogP contribution >= 0.6 is 0 Å². The molecule has 0 bridgehead atoms. The molecule has 0 amide bonds. The number of rotatable bonds is 5. The predicted octanol–water partition coefficient (Wildman–Crippen LogP) is 4.02. The summed E-state index contributed by atoms with van der Waals surface area (Å²) in [5.74, 6) is 1.09. The zero-order chi connectivity index (χ0) is 14.5. The van der Waals surface area contributed by atoms with E-state index in [0.29, 0.717) is 11.4 Å². The number of benzene rings is 2. The van der Waals surface area contributed by atoms with E-state index in [9.17, 15) is 4.39 Å². The predicted molar refractivity (Wildman–Crippen MR) is 78.0 cm³/mol. The van der Waals surface area contributed by atoms with Gasteiger partial charge >= 0.3 is 0 Å². The molecule has 1 atom stereocenters. The molecule has 0 radical (unpaired) electrons. The van der Waals surface area contributed by atoms with Gasteiger partial charge in [0.05, 0.1) is 19.9 Å². The summed E-state index contributed by atoms with van der Waals surface area (Å²) in [7, 11) is 3.18. The van der Waals surface area contributed by atoms with Crippen molar-refractivity contribution in [2.24, 2.45) is 0 Å². The first-order chi connectivity index (χ1) is 9.63. The Kier molecular flexibility index (Phi) is 4.45. The molecule has 4 heteroatoms.